The van der Waals surface area contributed by atoms with Crippen LogP contribution < -0.4 is 0 Å². The largest absolute Gasteiger partial charge is 0.591 e. The number of rotatable bonds is 4. The highest BCUT2D eigenvalue weighted by Crippen LogP contribution is 2.17. The predicted molar refractivity (Wildman–Crippen MR) is 81.3 cm³/mol. The first-order chi connectivity index (χ1) is 8.73. The molecule has 0 spiro atoms. The number of ketones is 1. The van der Waals surface area contributed by atoms with Crippen molar-refractivity contribution in [2.45, 2.75) is 45.8 Å². The van der Waals surface area contributed by atoms with Gasteiger partial charge in [-0.1, -0.05) is 22.6 Å². The summed E-state index contributed by atoms with van der Waals surface area (Å²) in [5, 5.41) is 0. The van der Waals surface area contributed by atoms with Gasteiger partial charge in [-0.2, -0.15) is 0 Å². The van der Waals surface area contributed by atoms with Gasteiger partial charge in [-0.3, -0.25) is 4.79 Å². The molecule has 0 aliphatic heterocycles. The first kappa shape index (κ1) is 15.9. The summed E-state index contributed by atoms with van der Waals surface area (Å²) in [5.74, 6) is 0.0644. The van der Waals surface area contributed by atoms with Crippen molar-refractivity contribution < 1.29 is 9.35 Å². The Bertz CT molecular complexity index is 489. The molecule has 0 amide bonds. The maximum Gasteiger partial charge on any atom is 0.160 e. The van der Waals surface area contributed by atoms with E-state index in [1.807, 2.05) is 45.9 Å². The second-order valence-electron chi connectivity index (χ2n) is 5.50. The van der Waals surface area contributed by atoms with Crippen LogP contribution in [0.3, 0.4) is 0 Å². The molecule has 0 radical (unpaired) electrons. The summed E-state index contributed by atoms with van der Waals surface area (Å²) in [6.45, 7) is 9.17. The molecule has 0 saturated carbocycles. The summed E-state index contributed by atoms with van der Waals surface area (Å²) in [4.78, 5) is 11.4. The van der Waals surface area contributed by atoms with Crippen molar-refractivity contribution in [1.29, 1.82) is 0 Å². The van der Waals surface area contributed by atoms with Crippen LogP contribution in [-0.4, -0.2) is 21.3 Å². The molecule has 1 unspecified atom stereocenters. The Morgan fingerprint density at radius 1 is 1.42 bits per heavy atom. The number of carbonyl (C=O) groups excluding carboxylic acids is 1. The lowest BCUT2D eigenvalue weighted by molar-refractivity contribution is 0.101. The smallest absolute Gasteiger partial charge is 0.160 e. The lowest BCUT2D eigenvalue weighted by atomic mass is 9.98. The summed E-state index contributed by atoms with van der Waals surface area (Å²) in [6, 6.07) is 5.66. The van der Waals surface area contributed by atoms with Crippen LogP contribution in [0.2, 0.25) is 0 Å². The highest BCUT2D eigenvalue weighted by Gasteiger charge is 2.25. The molecular formula is C15H21NO2S. The van der Waals surface area contributed by atoms with E-state index >= 15 is 0 Å². The van der Waals surface area contributed by atoms with Gasteiger partial charge in [-0.15, -0.1) is 0 Å². The van der Waals surface area contributed by atoms with Crippen molar-refractivity contribution in [3.8, 4) is 0 Å². The number of hydrogen-bond donors (Lipinski definition) is 0. The van der Waals surface area contributed by atoms with Gasteiger partial charge >= 0.3 is 0 Å². The fourth-order valence-corrected chi connectivity index (χ4v) is 2.17. The minimum atomic E-state index is -1.23. The predicted octanol–water partition coefficient (Wildman–Crippen LogP) is 3.27. The summed E-state index contributed by atoms with van der Waals surface area (Å²) < 4.78 is 15.5. The van der Waals surface area contributed by atoms with Gasteiger partial charge in [0.1, 0.15) is 16.1 Å². The molecule has 0 aromatic heterocycles. The molecule has 0 N–H and O–H groups in total. The van der Waals surface area contributed by atoms with Gasteiger partial charge < -0.3 is 4.55 Å². The number of carbonyl (C=O) groups is 1. The highest BCUT2D eigenvalue weighted by atomic mass is 32.2. The van der Waals surface area contributed by atoms with Gasteiger partial charge in [0, 0.05) is 12.0 Å². The van der Waals surface area contributed by atoms with E-state index in [0.717, 1.165) is 16.7 Å². The molecule has 0 bridgehead atoms. The third-order valence-electron chi connectivity index (χ3n) is 2.83. The molecule has 1 aromatic rings. The minimum Gasteiger partial charge on any atom is -0.591 e. The van der Waals surface area contributed by atoms with E-state index in [2.05, 4.69) is 4.40 Å². The van der Waals surface area contributed by atoms with E-state index in [1.165, 1.54) is 0 Å². The van der Waals surface area contributed by atoms with Crippen LogP contribution in [0, 0.1) is 6.92 Å². The number of hydrogen-bond acceptors (Lipinski definition) is 3. The Labute approximate surface area is 118 Å². The minimum absolute atomic E-state index is 0.0644. The van der Waals surface area contributed by atoms with Crippen LogP contribution in [0.15, 0.2) is 22.6 Å². The molecule has 19 heavy (non-hydrogen) atoms. The molecule has 0 aliphatic rings. The summed E-state index contributed by atoms with van der Waals surface area (Å²) in [7, 11) is 0. The van der Waals surface area contributed by atoms with Crippen LogP contribution in [0.1, 0.15) is 49.2 Å². The Balaban J connectivity index is 2.82. The van der Waals surface area contributed by atoms with Crippen LogP contribution in [0.5, 0.6) is 0 Å². The van der Waals surface area contributed by atoms with Gasteiger partial charge in [-0.25, -0.2) is 0 Å². The molecule has 0 fully saturated rings. The van der Waals surface area contributed by atoms with E-state index in [4.69, 9.17) is 0 Å². The molecule has 104 valence electrons. The van der Waals surface area contributed by atoms with Crippen LogP contribution in [0.25, 0.3) is 0 Å². The van der Waals surface area contributed by atoms with E-state index in [9.17, 15) is 9.35 Å². The van der Waals surface area contributed by atoms with Crippen LogP contribution >= 0.6 is 0 Å². The van der Waals surface area contributed by atoms with Crippen molar-refractivity contribution in [2.24, 2.45) is 4.40 Å². The monoisotopic (exact) mass is 279 g/mol. The molecule has 0 saturated heterocycles. The zero-order valence-corrected chi connectivity index (χ0v) is 13.0. The third-order valence-corrected chi connectivity index (χ3v) is 4.22. The fraction of sp³-hybridized carbons (Fsp3) is 0.467. The van der Waals surface area contributed by atoms with E-state index in [-0.39, 0.29) is 10.5 Å². The van der Waals surface area contributed by atoms with E-state index in [1.54, 1.807) is 13.1 Å². The average molecular weight is 279 g/mol. The lowest BCUT2D eigenvalue weighted by Gasteiger charge is -2.17. The molecule has 1 aromatic carbocycles. The molecule has 3 nitrogen and oxygen atoms in total. The third kappa shape index (κ3) is 4.48. The van der Waals surface area contributed by atoms with Gasteiger partial charge in [-0.05, 0) is 45.7 Å². The Morgan fingerprint density at radius 2 is 2.05 bits per heavy atom. The quantitative estimate of drug-likeness (QED) is 0.482. The summed E-state index contributed by atoms with van der Waals surface area (Å²) in [6.07, 6.45) is 2.27. The van der Waals surface area contributed by atoms with Crippen molar-refractivity contribution in [3.05, 3.63) is 34.9 Å². The summed E-state index contributed by atoms with van der Waals surface area (Å²) >= 11 is -1.23. The molecule has 1 atom stereocenters. The Hall–Kier alpha value is -1.13. The van der Waals surface area contributed by atoms with E-state index in [0.29, 0.717) is 6.42 Å². The average Bonchev–Trinajstić information content (AvgIpc) is 2.29. The maximum atomic E-state index is 11.8. The first-order valence-corrected chi connectivity index (χ1v) is 7.38. The molecular weight excluding hydrogens is 258 g/mol. The van der Waals surface area contributed by atoms with Crippen molar-refractivity contribution in [2.75, 3.05) is 0 Å². The topological polar surface area (TPSA) is 52.5 Å². The summed E-state index contributed by atoms with van der Waals surface area (Å²) in [5.41, 5.74) is 2.76. The van der Waals surface area contributed by atoms with Gasteiger partial charge in [0.05, 0.1) is 6.21 Å². The number of nitrogens with zero attached hydrogens (tertiary/aromatic N) is 1. The fourth-order valence-electron chi connectivity index (χ4n) is 1.65. The number of benzene rings is 1. The normalized spacial score (nSPS) is 13.8. The van der Waals surface area contributed by atoms with Crippen molar-refractivity contribution in [1.82, 2.24) is 0 Å². The van der Waals surface area contributed by atoms with Crippen molar-refractivity contribution >= 4 is 23.4 Å². The van der Waals surface area contributed by atoms with Gasteiger partial charge in [0.25, 0.3) is 0 Å². The zero-order chi connectivity index (χ0) is 14.6. The molecule has 0 aliphatic carbocycles. The first-order valence-electron chi connectivity index (χ1n) is 6.27. The van der Waals surface area contributed by atoms with Crippen LogP contribution in [0.4, 0.5) is 0 Å². The van der Waals surface area contributed by atoms with Crippen LogP contribution in [-0.2, 0) is 17.8 Å². The molecule has 4 heteroatoms. The SMILES string of the molecule is CC(=O)c1cccc(CC=N[S+]([O-])C(C)(C)C)c1C. The van der Waals surface area contributed by atoms with Gasteiger partial charge in [0.2, 0.25) is 0 Å². The second kappa shape index (κ2) is 6.35. The zero-order valence-electron chi connectivity index (χ0n) is 12.2. The standard InChI is InChI=1S/C15H21NO2S/c1-11-13(7-6-8-14(11)12(2)17)9-10-16-19(18)15(3,4)5/h6-8,10H,9H2,1-5H3. The van der Waals surface area contributed by atoms with E-state index < -0.39 is 11.4 Å². The Kier molecular flexibility index (Phi) is 5.32. The Morgan fingerprint density at radius 3 is 2.58 bits per heavy atom. The maximum absolute atomic E-state index is 11.8. The second-order valence-corrected chi connectivity index (χ2v) is 7.43. The van der Waals surface area contributed by atoms with Gasteiger partial charge in [0.15, 0.2) is 5.78 Å². The molecule has 1 rings (SSSR count). The lowest BCUT2D eigenvalue weighted by Crippen LogP contribution is -2.25. The van der Waals surface area contributed by atoms with Crippen molar-refractivity contribution in [3.63, 3.8) is 0 Å². The number of Topliss-reactive ketones (excluding diaryl/α,β-unsaturated/α-hetero) is 1. The molecule has 0 heterocycles. The highest BCUT2D eigenvalue weighted by molar-refractivity contribution is 7.91.